The van der Waals surface area contributed by atoms with E-state index in [2.05, 4.69) is 39.3 Å². The van der Waals surface area contributed by atoms with E-state index in [1.54, 1.807) is 41.1 Å². The molecule has 1 aliphatic rings. The van der Waals surface area contributed by atoms with Gasteiger partial charge in [0.1, 0.15) is 6.33 Å². The average Bonchev–Trinajstić information content (AvgIpc) is 3.29. The highest BCUT2D eigenvalue weighted by molar-refractivity contribution is 7.98. The van der Waals surface area contributed by atoms with Crippen molar-refractivity contribution >= 4 is 29.4 Å². The molecule has 2 aromatic carbocycles. The van der Waals surface area contributed by atoms with Crippen LogP contribution in [-0.2, 0) is 5.75 Å². The Morgan fingerprint density at radius 2 is 2.09 bits per heavy atom. The van der Waals surface area contributed by atoms with Gasteiger partial charge in [-0.2, -0.15) is 9.78 Å². The van der Waals surface area contributed by atoms with Gasteiger partial charge in [0.25, 0.3) is 5.69 Å². The zero-order valence-electron chi connectivity index (χ0n) is 18.0. The number of rotatable bonds is 8. The van der Waals surface area contributed by atoms with Gasteiger partial charge >= 0.3 is 0 Å². The van der Waals surface area contributed by atoms with Crippen molar-refractivity contribution in [1.29, 1.82) is 0 Å². The third-order valence-corrected chi connectivity index (χ3v) is 6.67. The highest BCUT2D eigenvalue weighted by Crippen LogP contribution is 2.31. The monoisotopic (exact) mass is 450 g/mol. The molecule has 166 valence electrons. The highest BCUT2D eigenvalue weighted by atomic mass is 32.2. The summed E-state index contributed by atoms with van der Waals surface area (Å²) in [5.74, 6) is 0.753. The zero-order chi connectivity index (χ0) is 22.3. The average molecular weight is 451 g/mol. The van der Waals surface area contributed by atoms with Crippen molar-refractivity contribution < 1.29 is 4.92 Å². The van der Waals surface area contributed by atoms with Gasteiger partial charge in [0, 0.05) is 41.7 Å². The van der Waals surface area contributed by atoms with Gasteiger partial charge in [0.05, 0.1) is 11.1 Å². The summed E-state index contributed by atoms with van der Waals surface area (Å²) in [6.45, 7) is 3.14. The van der Waals surface area contributed by atoms with Crippen LogP contribution in [0.1, 0.15) is 43.7 Å². The number of nitro benzene ring substituents is 1. The second kappa shape index (κ2) is 10.4. The van der Waals surface area contributed by atoms with E-state index in [1.165, 1.54) is 12.0 Å². The number of anilines is 1. The zero-order valence-corrected chi connectivity index (χ0v) is 18.8. The highest BCUT2D eigenvalue weighted by Gasteiger charge is 2.24. The Morgan fingerprint density at radius 3 is 2.88 bits per heavy atom. The van der Waals surface area contributed by atoms with E-state index in [4.69, 9.17) is 0 Å². The lowest BCUT2D eigenvalue weighted by Crippen LogP contribution is -2.39. The maximum atomic E-state index is 11.4. The molecule has 1 unspecified atom stereocenters. The van der Waals surface area contributed by atoms with Crippen LogP contribution in [0.3, 0.4) is 0 Å². The number of non-ortho nitro benzene ring substituents is 1. The molecule has 3 aromatic rings. The lowest BCUT2D eigenvalue weighted by Gasteiger charge is -2.38. The molecule has 32 heavy (non-hydrogen) atoms. The summed E-state index contributed by atoms with van der Waals surface area (Å²) in [6, 6.07) is 15.6. The summed E-state index contributed by atoms with van der Waals surface area (Å²) in [4.78, 5) is 13.4. The normalized spacial score (nSPS) is 16.5. The Balaban J connectivity index is 1.60. The number of nitro groups is 1. The van der Waals surface area contributed by atoms with E-state index in [1.807, 2.05) is 24.3 Å². The number of hydrogen-bond acceptors (Lipinski definition) is 7. The number of benzene rings is 2. The SMILES string of the molecule is CCC1CCCCN1c1ccc([N+](=O)[O-])cc1C=Nn1cnnc1SCc1ccccc1. The van der Waals surface area contributed by atoms with Crippen molar-refractivity contribution in [2.45, 2.75) is 49.6 Å². The molecule has 1 saturated heterocycles. The number of nitrogens with zero attached hydrogens (tertiary/aromatic N) is 6. The topological polar surface area (TPSA) is 89.5 Å². The summed E-state index contributed by atoms with van der Waals surface area (Å²) in [6.07, 6.45) is 7.75. The number of hydrogen-bond donors (Lipinski definition) is 0. The van der Waals surface area contributed by atoms with Crippen LogP contribution in [0.5, 0.6) is 0 Å². The molecule has 0 aliphatic carbocycles. The summed E-state index contributed by atoms with van der Waals surface area (Å²) in [7, 11) is 0. The van der Waals surface area contributed by atoms with E-state index < -0.39 is 0 Å². The molecule has 1 aliphatic heterocycles. The largest absolute Gasteiger partial charge is 0.368 e. The van der Waals surface area contributed by atoms with Crippen molar-refractivity contribution in [2.75, 3.05) is 11.4 Å². The first kappa shape index (κ1) is 22.0. The first-order chi connectivity index (χ1) is 15.7. The van der Waals surface area contributed by atoms with Crippen LogP contribution in [0.25, 0.3) is 0 Å². The first-order valence-electron chi connectivity index (χ1n) is 10.8. The quantitative estimate of drug-likeness (QED) is 0.205. The molecule has 1 fully saturated rings. The van der Waals surface area contributed by atoms with E-state index >= 15 is 0 Å². The van der Waals surface area contributed by atoms with Crippen LogP contribution in [0.15, 0.2) is 65.1 Å². The molecule has 1 atom stereocenters. The molecule has 8 nitrogen and oxygen atoms in total. The second-order valence-corrected chi connectivity index (χ2v) is 8.67. The molecule has 0 N–H and O–H groups in total. The molecular formula is C23H26N6O2S. The van der Waals surface area contributed by atoms with E-state index in [9.17, 15) is 10.1 Å². The summed E-state index contributed by atoms with van der Waals surface area (Å²) in [5, 5.41) is 24.8. The van der Waals surface area contributed by atoms with Gasteiger partial charge in [0.2, 0.25) is 5.16 Å². The van der Waals surface area contributed by atoms with Gasteiger partial charge < -0.3 is 4.90 Å². The van der Waals surface area contributed by atoms with E-state index in [0.717, 1.165) is 42.8 Å². The van der Waals surface area contributed by atoms with Gasteiger partial charge in [-0.15, -0.1) is 10.2 Å². The molecular weight excluding hydrogens is 424 g/mol. The van der Waals surface area contributed by atoms with Crippen LogP contribution in [-0.4, -0.2) is 38.6 Å². The third kappa shape index (κ3) is 5.16. The Kier molecular flexibility index (Phi) is 7.16. The van der Waals surface area contributed by atoms with Crippen LogP contribution in [0, 0.1) is 10.1 Å². The van der Waals surface area contributed by atoms with E-state index in [-0.39, 0.29) is 10.6 Å². The van der Waals surface area contributed by atoms with E-state index in [0.29, 0.717) is 11.2 Å². The molecule has 1 aromatic heterocycles. The predicted octanol–water partition coefficient (Wildman–Crippen LogP) is 5.13. The van der Waals surface area contributed by atoms with Crippen LogP contribution < -0.4 is 4.90 Å². The van der Waals surface area contributed by atoms with Gasteiger partial charge in [-0.1, -0.05) is 49.0 Å². The maximum Gasteiger partial charge on any atom is 0.270 e. The Labute approximate surface area is 191 Å². The first-order valence-corrected chi connectivity index (χ1v) is 11.8. The Bertz CT molecular complexity index is 1090. The lowest BCUT2D eigenvalue weighted by molar-refractivity contribution is -0.384. The Hall–Kier alpha value is -3.20. The Morgan fingerprint density at radius 1 is 1.25 bits per heavy atom. The van der Waals surface area contributed by atoms with Crippen LogP contribution in [0.4, 0.5) is 11.4 Å². The maximum absolute atomic E-state index is 11.4. The standard InChI is InChI=1S/C23H26N6O2S/c1-2-20-10-6-7-13-27(20)22-12-11-21(29(30)31)14-19(22)15-25-28-17-24-26-23(28)32-16-18-8-4-3-5-9-18/h3-5,8-9,11-12,14-15,17,20H,2,6-7,10,13,16H2,1H3. The second-order valence-electron chi connectivity index (χ2n) is 7.73. The summed E-state index contributed by atoms with van der Waals surface area (Å²) >= 11 is 1.54. The minimum absolute atomic E-state index is 0.0580. The smallest absolute Gasteiger partial charge is 0.270 e. The lowest BCUT2D eigenvalue weighted by atomic mass is 9.98. The van der Waals surface area contributed by atoms with Crippen molar-refractivity contribution in [1.82, 2.24) is 14.9 Å². The molecule has 2 heterocycles. The summed E-state index contributed by atoms with van der Waals surface area (Å²) in [5.41, 5.74) is 2.96. The minimum atomic E-state index is -0.367. The van der Waals surface area contributed by atoms with Crippen molar-refractivity contribution in [3.63, 3.8) is 0 Å². The molecule has 9 heteroatoms. The molecule has 0 radical (unpaired) electrons. The van der Waals surface area contributed by atoms with Crippen LogP contribution in [0.2, 0.25) is 0 Å². The predicted molar refractivity (Wildman–Crippen MR) is 127 cm³/mol. The minimum Gasteiger partial charge on any atom is -0.368 e. The number of thioether (sulfide) groups is 1. The molecule has 4 rings (SSSR count). The van der Waals surface area contributed by atoms with Gasteiger partial charge in [0.15, 0.2) is 0 Å². The summed E-state index contributed by atoms with van der Waals surface area (Å²) < 4.78 is 1.61. The van der Waals surface area contributed by atoms with Crippen molar-refractivity contribution in [3.8, 4) is 0 Å². The fourth-order valence-corrected chi connectivity index (χ4v) is 4.82. The van der Waals surface area contributed by atoms with Crippen LogP contribution >= 0.6 is 11.8 Å². The van der Waals surface area contributed by atoms with Gasteiger partial charge in [-0.25, -0.2) is 0 Å². The van der Waals surface area contributed by atoms with Crippen molar-refractivity contribution in [3.05, 3.63) is 76.1 Å². The van der Waals surface area contributed by atoms with Gasteiger partial charge in [-0.3, -0.25) is 10.1 Å². The fourth-order valence-electron chi connectivity index (χ4n) is 4.00. The van der Waals surface area contributed by atoms with Gasteiger partial charge in [-0.05, 0) is 37.3 Å². The molecule has 0 bridgehead atoms. The number of piperidine rings is 1. The molecule has 0 saturated carbocycles. The number of aromatic nitrogens is 3. The fraction of sp³-hybridized carbons (Fsp3) is 0.348. The molecule has 0 amide bonds. The molecule has 0 spiro atoms. The third-order valence-electron chi connectivity index (χ3n) is 5.66. The van der Waals surface area contributed by atoms with Crippen molar-refractivity contribution in [2.24, 2.45) is 5.10 Å².